The molecule has 0 saturated carbocycles. The Morgan fingerprint density at radius 1 is 1.19 bits per heavy atom. The number of fused-ring (bicyclic) bond motifs is 1. The maximum Gasteiger partial charge on any atom is 0.158 e. The number of rotatable bonds is 1. The van der Waals surface area contributed by atoms with Gasteiger partial charge in [-0.1, -0.05) is 24.3 Å². The van der Waals surface area contributed by atoms with Crippen molar-refractivity contribution in [2.24, 2.45) is 0 Å². The third-order valence-electron chi connectivity index (χ3n) is 3.54. The Hall–Kier alpha value is -1.19. The molecule has 1 N–H and O–H groups in total. The summed E-state index contributed by atoms with van der Waals surface area (Å²) in [6.07, 6.45) is 0.616. The first-order chi connectivity index (χ1) is 7.86. The number of carbonyl (C=O) groups is 1. The number of hydrogen-bond donors (Lipinski definition) is 1. The summed E-state index contributed by atoms with van der Waals surface area (Å²) in [6, 6.07) is 8.26. The zero-order valence-electron chi connectivity index (χ0n) is 9.28. The monoisotopic (exact) mass is 216 g/mol. The molecule has 1 aliphatic heterocycles. The predicted octanol–water partition coefficient (Wildman–Crippen LogP) is 0.758. The van der Waals surface area contributed by atoms with Crippen molar-refractivity contribution in [3.05, 3.63) is 35.4 Å². The van der Waals surface area contributed by atoms with Crippen LogP contribution in [0.5, 0.6) is 0 Å². The molecule has 2 aliphatic rings. The van der Waals surface area contributed by atoms with Gasteiger partial charge in [-0.25, -0.2) is 0 Å². The van der Waals surface area contributed by atoms with Crippen molar-refractivity contribution in [1.82, 2.24) is 10.2 Å². The summed E-state index contributed by atoms with van der Waals surface area (Å²) >= 11 is 0. The number of ketones is 1. The molecule has 3 nitrogen and oxygen atoms in total. The SMILES string of the molecule is O=C1Cc2ccccc2C1N1CCNCC1. The molecule has 84 valence electrons. The van der Waals surface area contributed by atoms with Crippen LogP contribution in [-0.4, -0.2) is 36.9 Å². The number of piperazine rings is 1. The van der Waals surface area contributed by atoms with Gasteiger partial charge in [-0.15, -0.1) is 0 Å². The zero-order chi connectivity index (χ0) is 11.0. The fourth-order valence-corrected chi connectivity index (χ4v) is 2.76. The molecule has 0 spiro atoms. The first kappa shape index (κ1) is 10.00. The van der Waals surface area contributed by atoms with Crippen LogP contribution in [-0.2, 0) is 11.2 Å². The average molecular weight is 216 g/mol. The molecule has 0 radical (unpaired) electrons. The van der Waals surface area contributed by atoms with Crippen LogP contribution in [0.3, 0.4) is 0 Å². The highest BCUT2D eigenvalue weighted by Crippen LogP contribution is 2.32. The van der Waals surface area contributed by atoms with Crippen molar-refractivity contribution in [1.29, 1.82) is 0 Å². The van der Waals surface area contributed by atoms with E-state index in [2.05, 4.69) is 22.3 Å². The van der Waals surface area contributed by atoms with E-state index in [9.17, 15) is 4.79 Å². The number of hydrogen-bond acceptors (Lipinski definition) is 3. The maximum absolute atomic E-state index is 12.1. The van der Waals surface area contributed by atoms with Crippen molar-refractivity contribution < 1.29 is 4.79 Å². The highest BCUT2D eigenvalue weighted by atomic mass is 16.1. The molecule has 0 aromatic heterocycles. The summed E-state index contributed by atoms with van der Waals surface area (Å²) in [4.78, 5) is 14.4. The lowest BCUT2D eigenvalue weighted by atomic mass is 10.1. The van der Waals surface area contributed by atoms with Gasteiger partial charge in [0.15, 0.2) is 5.78 Å². The summed E-state index contributed by atoms with van der Waals surface area (Å²) in [5.41, 5.74) is 2.45. The highest BCUT2D eigenvalue weighted by molar-refractivity contribution is 5.92. The van der Waals surface area contributed by atoms with Crippen molar-refractivity contribution in [2.75, 3.05) is 26.2 Å². The molecule has 1 aliphatic carbocycles. The predicted molar refractivity (Wildman–Crippen MR) is 62.3 cm³/mol. The molecule has 1 saturated heterocycles. The van der Waals surface area contributed by atoms with E-state index in [1.165, 1.54) is 11.1 Å². The maximum atomic E-state index is 12.1. The van der Waals surface area contributed by atoms with Crippen LogP contribution in [0.15, 0.2) is 24.3 Å². The summed E-state index contributed by atoms with van der Waals surface area (Å²) < 4.78 is 0. The Morgan fingerprint density at radius 3 is 2.75 bits per heavy atom. The molecule has 1 aromatic carbocycles. The Labute approximate surface area is 95.4 Å². The second-order valence-electron chi connectivity index (χ2n) is 4.53. The van der Waals surface area contributed by atoms with Crippen LogP contribution < -0.4 is 5.32 Å². The highest BCUT2D eigenvalue weighted by Gasteiger charge is 2.34. The third kappa shape index (κ3) is 1.56. The van der Waals surface area contributed by atoms with Gasteiger partial charge in [-0.3, -0.25) is 9.69 Å². The van der Waals surface area contributed by atoms with Crippen molar-refractivity contribution in [3.8, 4) is 0 Å². The Bertz CT molecular complexity index is 410. The number of carbonyl (C=O) groups excluding carboxylic acids is 1. The minimum atomic E-state index is 0.0262. The first-order valence-electron chi connectivity index (χ1n) is 5.91. The van der Waals surface area contributed by atoms with Crippen LogP contribution >= 0.6 is 0 Å². The van der Waals surface area contributed by atoms with Gasteiger partial charge in [0.05, 0.1) is 6.04 Å². The van der Waals surface area contributed by atoms with E-state index >= 15 is 0 Å². The molecule has 1 atom stereocenters. The summed E-state index contributed by atoms with van der Waals surface area (Å²) in [7, 11) is 0. The van der Waals surface area contributed by atoms with Gasteiger partial charge in [0.25, 0.3) is 0 Å². The lowest BCUT2D eigenvalue weighted by Crippen LogP contribution is -2.46. The fourth-order valence-electron chi connectivity index (χ4n) is 2.76. The average Bonchev–Trinajstić information content (AvgIpc) is 2.66. The first-order valence-corrected chi connectivity index (χ1v) is 5.91. The van der Waals surface area contributed by atoms with E-state index in [4.69, 9.17) is 0 Å². The van der Waals surface area contributed by atoms with Crippen molar-refractivity contribution in [3.63, 3.8) is 0 Å². The van der Waals surface area contributed by atoms with E-state index in [0.29, 0.717) is 12.2 Å². The normalized spacial score (nSPS) is 25.8. The molecule has 1 unspecified atom stereocenters. The van der Waals surface area contributed by atoms with Crippen LogP contribution in [0, 0.1) is 0 Å². The molecular weight excluding hydrogens is 200 g/mol. The smallest absolute Gasteiger partial charge is 0.158 e. The van der Waals surface area contributed by atoms with E-state index < -0.39 is 0 Å². The lowest BCUT2D eigenvalue weighted by molar-refractivity contribution is -0.123. The number of nitrogens with zero attached hydrogens (tertiary/aromatic N) is 1. The van der Waals surface area contributed by atoms with Gasteiger partial charge >= 0.3 is 0 Å². The molecular formula is C13H16N2O. The van der Waals surface area contributed by atoms with Crippen molar-refractivity contribution >= 4 is 5.78 Å². The topological polar surface area (TPSA) is 32.3 Å². The Balaban J connectivity index is 1.92. The van der Waals surface area contributed by atoms with E-state index in [1.807, 2.05) is 12.1 Å². The van der Waals surface area contributed by atoms with Gasteiger partial charge in [0, 0.05) is 32.6 Å². The molecule has 16 heavy (non-hydrogen) atoms. The molecule has 1 aromatic rings. The van der Waals surface area contributed by atoms with Gasteiger partial charge in [0.2, 0.25) is 0 Å². The quantitative estimate of drug-likeness (QED) is 0.752. The summed E-state index contributed by atoms with van der Waals surface area (Å²) in [5, 5.41) is 3.32. The second kappa shape index (κ2) is 4.00. The summed E-state index contributed by atoms with van der Waals surface area (Å²) in [5.74, 6) is 0.364. The molecule has 3 rings (SSSR count). The van der Waals surface area contributed by atoms with Crippen LogP contribution in [0.2, 0.25) is 0 Å². The van der Waals surface area contributed by atoms with E-state index in [0.717, 1.165) is 26.2 Å². The number of Topliss-reactive ketones (excluding diaryl/α,β-unsaturated/α-hetero) is 1. The molecule has 3 heteroatoms. The number of nitrogens with one attached hydrogen (secondary N) is 1. The van der Waals surface area contributed by atoms with Gasteiger partial charge in [-0.05, 0) is 11.1 Å². The lowest BCUT2D eigenvalue weighted by Gasteiger charge is -2.32. The van der Waals surface area contributed by atoms with Crippen LogP contribution in [0.4, 0.5) is 0 Å². The minimum absolute atomic E-state index is 0.0262. The molecule has 1 heterocycles. The molecule has 0 amide bonds. The van der Waals surface area contributed by atoms with Crippen molar-refractivity contribution in [2.45, 2.75) is 12.5 Å². The summed E-state index contributed by atoms with van der Waals surface area (Å²) in [6.45, 7) is 3.94. The van der Waals surface area contributed by atoms with Gasteiger partial charge in [0.1, 0.15) is 0 Å². The second-order valence-corrected chi connectivity index (χ2v) is 4.53. The fraction of sp³-hybridized carbons (Fsp3) is 0.462. The van der Waals surface area contributed by atoms with Crippen LogP contribution in [0.1, 0.15) is 17.2 Å². The molecule has 0 bridgehead atoms. The third-order valence-corrected chi connectivity index (χ3v) is 3.54. The minimum Gasteiger partial charge on any atom is -0.314 e. The van der Waals surface area contributed by atoms with E-state index in [-0.39, 0.29) is 6.04 Å². The molecule has 1 fully saturated rings. The van der Waals surface area contributed by atoms with Crippen LogP contribution in [0.25, 0.3) is 0 Å². The van der Waals surface area contributed by atoms with Gasteiger partial charge in [-0.2, -0.15) is 0 Å². The van der Waals surface area contributed by atoms with E-state index in [1.54, 1.807) is 0 Å². The standard InChI is InChI=1S/C13H16N2O/c16-12-9-10-3-1-2-4-11(10)13(12)15-7-5-14-6-8-15/h1-4,13-14H,5-9H2. The van der Waals surface area contributed by atoms with Gasteiger partial charge < -0.3 is 5.32 Å². The number of benzene rings is 1. The largest absolute Gasteiger partial charge is 0.314 e. The Morgan fingerprint density at radius 2 is 1.94 bits per heavy atom. The Kier molecular flexibility index (Phi) is 2.50. The zero-order valence-corrected chi connectivity index (χ0v) is 9.28.